The van der Waals surface area contributed by atoms with Crippen LogP contribution < -0.4 is 16.4 Å². The molecule has 1 fully saturated rings. The van der Waals surface area contributed by atoms with E-state index in [0.29, 0.717) is 12.5 Å². The highest BCUT2D eigenvalue weighted by Gasteiger charge is 2.31. The highest BCUT2D eigenvalue weighted by molar-refractivity contribution is 5.91. The molecule has 2 atom stereocenters. The topological polar surface area (TPSA) is 131 Å². The zero-order valence-electron chi connectivity index (χ0n) is 17.9. The van der Waals surface area contributed by atoms with Crippen molar-refractivity contribution >= 4 is 30.2 Å². The Morgan fingerprint density at radius 1 is 1.10 bits per heavy atom. The van der Waals surface area contributed by atoms with Crippen LogP contribution in [0.25, 0.3) is 0 Å². The summed E-state index contributed by atoms with van der Waals surface area (Å²) in [5.74, 6) is -1.11. The fourth-order valence-corrected chi connectivity index (χ4v) is 3.70. The number of aliphatic hydroxyl groups is 1. The second-order valence-electron chi connectivity index (χ2n) is 7.70. The van der Waals surface area contributed by atoms with E-state index in [9.17, 15) is 19.5 Å². The van der Waals surface area contributed by atoms with Crippen molar-refractivity contribution < 1.29 is 24.2 Å². The standard InChI is InChI=1S/C22H33N3O5.ClH/c1-2-30-22(29)19(14-26)25-21(28)18(12-15-6-4-3-5-7-15)24-20(27)17-10-8-16(13-23)9-11-17;/h3-7,16-19,26H,2,8-14,23H2,1H3,(H,24,27)(H,25,28);1H/t16?,17?,18-,19-;/m0./s1. The average Bonchev–Trinajstić information content (AvgIpc) is 2.77. The van der Waals surface area contributed by atoms with Gasteiger partial charge in [-0.2, -0.15) is 0 Å². The molecular weight excluding hydrogens is 422 g/mol. The first kappa shape index (κ1) is 26.9. The summed E-state index contributed by atoms with van der Waals surface area (Å²) in [7, 11) is 0. The van der Waals surface area contributed by atoms with Crippen molar-refractivity contribution in [2.45, 2.75) is 51.1 Å². The minimum absolute atomic E-state index is 0. The molecule has 2 amide bonds. The van der Waals surface area contributed by atoms with Gasteiger partial charge in [0.1, 0.15) is 6.04 Å². The minimum atomic E-state index is -1.17. The first-order chi connectivity index (χ1) is 14.5. The molecule has 31 heavy (non-hydrogen) atoms. The number of halogens is 1. The number of hydrogen-bond acceptors (Lipinski definition) is 6. The predicted molar refractivity (Wildman–Crippen MR) is 119 cm³/mol. The van der Waals surface area contributed by atoms with E-state index in [2.05, 4.69) is 10.6 Å². The molecule has 2 rings (SSSR count). The van der Waals surface area contributed by atoms with Crippen molar-refractivity contribution in [3.8, 4) is 0 Å². The van der Waals surface area contributed by atoms with E-state index in [1.54, 1.807) is 6.92 Å². The van der Waals surface area contributed by atoms with Crippen molar-refractivity contribution in [3.05, 3.63) is 35.9 Å². The number of hydrogen-bond donors (Lipinski definition) is 4. The summed E-state index contributed by atoms with van der Waals surface area (Å²) in [6.45, 7) is 1.83. The van der Waals surface area contributed by atoms with Gasteiger partial charge in [-0.1, -0.05) is 30.3 Å². The van der Waals surface area contributed by atoms with E-state index in [4.69, 9.17) is 10.5 Å². The highest BCUT2D eigenvalue weighted by atomic mass is 35.5. The Balaban J connectivity index is 0.00000480. The number of aliphatic hydroxyl groups excluding tert-OH is 1. The van der Waals surface area contributed by atoms with Crippen molar-refractivity contribution in [1.29, 1.82) is 0 Å². The van der Waals surface area contributed by atoms with Gasteiger partial charge < -0.3 is 26.2 Å². The zero-order valence-corrected chi connectivity index (χ0v) is 18.7. The largest absolute Gasteiger partial charge is 0.464 e. The molecule has 1 aromatic rings. The van der Waals surface area contributed by atoms with E-state index >= 15 is 0 Å². The van der Waals surface area contributed by atoms with Crippen LogP contribution in [0.5, 0.6) is 0 Å². The first-order valence-electron chi connectivity index (χ1n) is 10.6. The van der Waals surface area contributed by atoms with Crippen molar-refractivity contribution in [2.75, 3.05) is 19.8 Å². The smallest absolute Gasteiger partial charge is 0.331 e. The monoisotopic (exact) mass is 455 g/mol. The third-order valence-electron chi connectivity index (χ3n) is 5.54. The van der Waals surface area contributed by atoms with E-state index < -0.39 is 30.6 Å². The Labute approximate surface area is 189 Å². The molecule has 1 aromatic carbocycles. The Morgan fingerprint density at radius 2 is 1.74 bits per heavy atom. The Morgan fingerprint density at radius 3 is 2.29 bits per heavy atom. The summed E-state index contributed by atoms with van der Waals surface area (Å²) in [6.07, 6.45) is 3.57. The lowest BCUT2D eigenvalue weighted by molar-refractivity contribution is -0.148. The lowest BCUT2D eigenvalue weighted by Crippen LogP contribution is -2.54. The lowest BCUT2D eigenvalue weighted by Gasteiger charge is -2.29. The Kier molecular flexibility index (Phi) is 12.1. The van der Waals surface area contributed by atoms with Gasteiger partial charge in [0.25, 0.3) is 0 Å². The van der Waals surface area contributed by atoms with Gasteiger partial charge >= 0.3 is 5.97 Å². The summed E-state index contributed by atoms with van der Waals surface area (Å²) in [5, 5.41) is 14.8. The summed E-state index contributed by atoms with van der Waals surface area (Å²) in [5.41, 5.74) is 6.60. The Bertz CT molecular complexity index is 696. The fourth-order valence-electron chi connectivity index (χ4n) is 3.70. The zero-order chi connectivity index (χ0) is 21.9. The number of carbonyl (C=O) groups is 3. The predicted octanol–water partition coefficient (Wildman–Crippen LogP) is 0.941. The van der Waals surface area contributed by atoms with Crippen LogP contribution >= 0.6 is 12.4 Å². The molecule has 0 spiro atoms. The van der Waals surface area contributed by atoms with Gasteiger partial charge in [-0.25, -0.2) is 4.79 Å². The number of rotatable bonds is 10. The van der Waals surface area contributed by atoms with Crippen molar-refractivity contribution in [3.63, 3.8) is 0 Å². The molecule has 9 heteroatoms. The summed E-state index contributed by atoms with van der Waals surface area (Å²) < 4.78 is 4.88. The van der Waals surface area contributed by atoms with Crippen LogP contribution in [-0.2, 0) is 25.5 Å². The van der Waals surface area contributed by atoms with E-state index in [1.165, 1.54) is 0 Å². The van der Waals surface area contributed by atoms with E-state index in [1.807, 2.05) is 30.3 Å². The van der Waals surface area contributed by atoms with Crippen LogP contribution in [0.3, 0.4) is 0 Å². The molecule has 1 aliphatic rings. The molecule has 0 radical (unpaired) electrons. The van der Waals surface area contributed by atoms with Crippen LogP contribution in [0, 0.1) is 11.8 Å². The van der Waals surface area contributed by atoms with Crippen LogP contribution in [0.2, 0.25) is 0 Å². The van der Waals surface area contributed by atoms with Gasteiger partial charge in [0.15, 0.2) is 6.04 Å². The fraction of sp³-hybridized carbons (Fsp3) is 0.591. The summed E-state index contributed by atoms with van der Waals surface area (Å²) in [4.78, 5) is 37.6. The molecule has 5 N–H and O–H groups in total. The second-order valence-corrected chi connectivity index (χ2v) is 7.70. The molecule has 0 unspecified atom stereocenters. The number of benzene rings is 1. The highest BCUT2D eigenvalue weighted by Crippen LogP contribution is 2.28. The second kappa shape index (κ2) is 14.0. The normalized spacial score (nSPS) is 20.0. The van der Waals surface area contributed by atoms with Crippen LogP contribution in [0.1, 0.15) is 38.2 Å². The molecule has 1 aliphatic carbocycles. The lowest BCUT2D eigenvalue weighted by atomic mass is 9.81. The quantitative estimate of drug-likeness (QED) is 0.388. The van der Waals surface area contributed by atoms with E-state index in [0.717, 1.165) is 31.2 Å². The van der Waals surface area contributed by atoms with Crippen molar-refractivity contribution in [2.24, 2.45) is 17.6 Å². The van der Waals surface area contributed by atoms with Crippen molar-refractivity contribution in [1.82, 2.24) is 10.6 Å². The summed E-state index contributed by atoms with van der Waals surface area (Å²) in [6, 6.07) is 7.28. The van der Waals surface area contributed by atoms with Gasteiger partial charge in [0, 0.05) is 12.3 Å². The number of ether oxygens (including phenoxy) is 1. The molecule has 0 saturated heterocycles. The maximum Gasteiger partial charge on any atom is 0.331 e. The minimum Gasteiger partial charge on any atom is -0.464 e. The molecule has 0 heterocycles. The molecular formula is C22H34ClN3O5. The Hall–Kier alpha value is -2.16. The third-order valence-corrected chi connectivity index (χ3v) is 5.54. The van der Waals surface area contributed by atoms with Gasteiger partial charge in [0.05, 0.1) is 13.2 Å². The van der Waals surface area contributed by atoms with Gasteiger partial charge in [-0.05, 0) is 50.6 Å². The number of esters is 1. The average molecular weight is 456 g/mol. The number of nitrogens with one attached hydrogen (secondary N) is 2. The van der Waals surface area contributed by atoms with E-state index in [-0.39, 0.29) is 37.3 Å². The number of amides is 2. The molecule has 1 saturated carbocycles. The van der Waals surface area contributed by atoms with Gasteiger partial charge in [-0.15, -0.1) is 12.4 Å². The molecule has 8 nitrogen and oxygen atoms in total. The van der Waals surface area contributed by atoms with Crippen LogP contribution in [-0.4, -0.2) is 54.7 Å². The SMILES string of the molecule is CCOC(=O)[C@H](CO)NC(=O)[C@H](Cc1ccccc1)NC(=O)C1CCC(CN)CC1.Cl. The number of nitrogens with two attached hydrogens (primary N) is 1. The maximum atomic E-state index is 12.9. The third kappa shape index (κ3) is 8.47. The molecule has 0 aliphatic heterocycles. The molecule has 174 valence electrons. The summed E-state index contributed by atoms with van der Waals surface area (Å²) >= 11 is 0. The van der Waals surface area contributed by atoms with Crippen LogP contribution in [0.4, 0.5) is 0 Å². The molecule has 0 bridgehead atoms. The first-order valence-corrected chi connectivity index (χ1v) is 10.6. The maximum absolute atomic E-state index is 12.9. The molecule has 0 aromatic heterocycles. The van der Waals surface area contributed by atoms with Gasteiger partial charge in [-0.3, -0.25) is 9.59 Å². The van der Waals surface area contributed by atoms with Gasteiger partial charge in [0.2, 0.25) is 11.8 Å². The number of carbonyl (C=O) groups excluding carboxylic acids is 3. The van der Waals surface area contributed by atoms with Crippen LogP contribution in [0.15, 0.2) is 30.3 Å².